The second-order valence-corrected chi connectivity index (χ2v) is 20.1. The van der Waals surface area contributed by atoms with E-state index in [1.807, 2.05) is 0 Å². The van der Waals surface area contributed by atoms with E-state index in [-0.39, 0.29) is 43.8 Å². The fraction of sp³-hybridized carbons (Fsp3) is 0.217. The van der Waals surface area contributed by atoms with Crippen molar-refractivity contribution >= 4 is 108 Å². The smallest absolute Gasteiger partial charge is 0.194 e. The van der Waals surface area contributed by atoms with Crippen LogP contribution in [0, 0.1) is 27.7 Å². The van der Waals surface area contributed by atoms with Crippen LogP contribution in [-0.4, -0.2) is 35.5 Å². The van der Waals surface area contributed by atoms with E-state index < -0.39 is 57.8 Å². The van der Waals surface area contributed by atoms with Crippen LogP contribution in [0.5, 0.6) is 0 Å². The molecular formula is C46H28F12S4. The van der Waals surface area contributed by atoms with E-state index in [4.69, 9.17) is 0 Å². The summed E-state index contributed by atoms with van der Waals surface area (Å²) >= 11 is 4.48. The zero-order chi connectivity index (χ0) is 44.7. The van der Waals surface area contributed by atoms with Crippen LogP contribution in [0.15, 0.2) is 97.1 Å². The second kappa shape index (κ2) is 13.9. The van der Waals surface area contributed by atoms with Crippen molar-refractivity contribution in [1.82, 2.24) is 0 Å². The lowest BCUT2D eigenvalue weighted by atomic mass is 9.92. The van der Waals surface area contributed by atoms with Crippen LogP contribution in [0.4, 0.5) is 52.7 Å². The van der Waals surface area contributed by atoms with Crippen molar-refractivity contribution in [3.63, 3.8) is 0 Å². The van der Waals surface area contributed by atoms with Gasteiger partial charge in [0.2, 0.25) is 0 Å². The van der Waals surface area contributed by atoms with Gasteiger partial charge in [0.15, 0.2) is 0 Å². The van der Waals surface area contributed by atoms with Gasteiger partial charge in [-0.1, -0.05) is 72.8 Å². The zero-order valence-electron chi connectivity index (χ0n) is 32.4. The van der Waals surface area contributed by atoms with Gasteiger partial charge >= 0.3 is 35.5 Å². The zero-order valence-corrected chi connectivity index (χ0v) is 35.7. The van der Waals surface area contributed by atoms with E-state index in [0.29, 0.717) is 38.3 Å². The van der Waals surface area contributed by atoms with Gasteiger partial charge in [-0.2, -0.15) is 52.7 Å². The molecule has 0 spiro atoms. The first kappa shape index (κ1) is 42.7. The van der Waals surface area contributed by atoms with Crippen LogP contribution in [0.3, 0.4) is 0 Å². The molecule has 10 rings (SSSR count). The molecule has 2 aliphatic carbocycles. The number of halogens is 12. The number of alkyl halides is 12. The fourth-order valence-corrected chi connectivity index (χ4v) is 13.0. The first-order valence-electron chi connectivity index (χ1n) is 18.7. The molecule has 0 bridgehead atoms. The van der Waals surface area contributed by atoms with Gasteiger partial charge in [-0.3, -0.25) is 0 Å². The van der Waals surface area contributed by atoms with Gasteiger partial charge in [0.25, 0.3) is 0 Å². The van der Waals surface area contributed by atoms with E-state index in [1.54, 1.807) is 72.8 Å². The monoisotopic (exact) mass is 936 g/mol. The first-order chi connectivity index (χ1) is 29.0. The molecule has 62 heavy (non-hydrogen) atoms. The molecule has 2 aliphatic rings. The summed E-state index contributed by atoms with van der Waals surface area (Å²) in [5.74, 6) is -31.3. The summed E-state index contributed by atoms with van der Waals surface area (Å²) < 4.78 is 183. The maximum absolute atomic E-state index is 15.2. The minimum atomic E-state index is -5.56. The van der Waals surface area contributed by atoms with E-state index in [0.717, 1.165) is 45.3 Å². The Labute approximate surface area is 361 Å². The van der Waals surface area contributed by atoms with Crippen LogP contribution in [0.2, 0.25) is 0 Å². The number of fused-ring (bicyclic) bond motifs is 4. The molecule has 4 heterocycles. The normalized spacial score (nSPS) is 19.6. The topological polar surface area (TPSA) is 0 Å². The highest BCUT2D eigenvalue weighted by Gasteiger charge is 2.82. The number of hydrogen-bond acceptors (Lipinski definition) is 4. The highest BCUT2D eigenvalue weighted by molar-refractivity contribution is 7.20. The van der Waals surface area contributed by atoms with Crippen LogP contribution < -0.4 is 0 Å². The van der Waals surface area contributed by atoms with Gasteiger partial charge in [0.05, 0.1) is 0 Å². The molecule has 0 saturated carbocycles. The second-order valence-electron chi connectivity index (χ2n) is 15.1. The maximum Gasteiger partial charge on any atom is 0.380 e. The Hall–Kier alpha value is -4.64. The minimum Gasteiger partial charge on any atom is -0.194 e. The van der Waals surface area contributed by atoms with Crippen LogP contribution in [0.1, 0.15) is 41.8 Å². The van der Waals surface area contributed by atoms with E-state index >= 15 is 35.1 Å². The number of thiophene rings is 4. The summed E-state index contributed by atoms with van der Waals surface area (Å²) in [6.45, 7) is 5.98. The van der Waals surface area contributed by atoms with Crippen molar-refractivity contribution < 1.29 is 52.7 Å². The van der Waals surface area contributed by atoms with Gasteiger partial charge < -0.3 is 0 Å². The van der Waals surface area contributed by atoms with Gasteiger partial charge in [-0.25, -0.2) is 0 Å². The van der Waals surface area contributed by atoms with E-state index in [2.05, 4.69) is 0 Å². The number of hydrogen-bond donors (Lipinski definition) is 0. The highest BCUT2D eigenvalue weighted by atomic mass is 32.1. The molecule has 0 atom stereocenters. The van der Waals surface area contributed by atoms with Crippen molar-refractivity contribution in [1.29, 1.82) is 0 Å². The highest BCUT2D eigenvalue weighted by Crippen LogP contribution is 2.68. The van der Waals surface area contributed by atoms with Gasteiger partial charge in [0.1, 0.15) is 0 Å². The van der Waals surface area contributed by atoms with Crippen molar-refractivity contribution in [3.05, 3.63) is 139 Å². The van der Waals surface area contributed by atoms with E-state index in [9.17, 15) is 17.6 Å². The summed E-state index contributed by atoms with van der Waals surface area (Å²) in [5, 5.41) is 1.07. The third-order valence-electron chi connectivity index (χ3n) is 11.4. The SMILES string of the molecule is Cc1sc2ccccc2c1C1=C(c2c(C)sc3ccccc23)C(F)(F)C(F)(F)C1(F)F.Cc1sc2ccccc2c1C1=C(c2c(C)sc3ccccc23)C(F)(F)C(F)(F)C1(F)F. The van der Waals surface area contributed by atoms with Crippen LogP contribution in [-0.2, 0) is 0 Å². The Morgan fingerprint density at radius 1 is 0.290 bits per heavy atom. The molecule has 0 fully saturated rings. The molecule has 4 aromatic carbocycles. The summed E-state index contributed by atoms with van der Waals surface area (Å²) in [5.41, 5.74) is -6.01. The lowest BCUT2D eigenvalue weighted by molar-refractivity contribution is -0.254. The van der Waals surface area contributed by atoms with E-state index in [1.165, 1.54) is 52.0 Å². The molecule has 0 unspecified atom stereocenters. The average molecular weight is 937 g/mol. The number of aryl methyl sites for hydroxylation is 4. The van der Waals surface area contributed by atoms with Gasteiger partial charge in [-0.05, 0) is 52.0 Å². The summed E-state index contributed by atoms with van der Waals surface area (Å²) in [6.07, 6.45) is 0. The predicted octanol–water partition coefficient (Wildman–Crippen LogP) is 17.1. The van der Waals surface area contributed by atoms with Gasteiger partial charge in [-0.15, -0.1) is 45.3 Å². The molecule has 4 aromatic heterocycles. The maximum atomic E-state index is 15.2. The largest absolute Gasteiger partial charge is 0.380 e. The third-order valence-corrected chi connectivity index (χ3v) is 15.8. The Kier molecular flexibility index (Phi) is 9.58. The quantitative estimate of drug-likeness (QED) is 0.154. The molecule has 8 aromatic rings. The molecule has 0 saturated heterocycles. The molecule has 0 aliphatic heterocycles. The third kappa shape index (κ3) is 5.57. The molecule has 0 nitrogen and oxygen atoms in total. The summed E-state index contributed by atoms with van der Waals surface area (Å²) in [6, 6.07) is 25.7. The Morgan fingerprint density at radius 3 is 0.661 bits per heavy atom. The Bertz CT molecular complexity index is 2790. The Morgan fingerprint density at radius 2 is 0.468 bits per heavy atom. The molecular weight excluding hydrogens is 909 g/mol. The Balaban J connectivity index is 0.000000158. The predicted molar refractivity (Wildman–Crippen MR) is 230 cm³/mol. The molecule has 320 valence electrons. The van der Waals surface area contributed by atoms with Crippen molar-refractivity contribution in [2.24, 2.45) is 0 Å². The number of allylic oxidation sites excluding steroid dienone is 4. The standard InChI is InChI=1S/2C23H14F6S2/c2*1-11-17(13-7-3-5-9-15(13)30-11)19-20(22(26,27)23(28,29)21(19,24)25)18-12(2)31-16-10-6-4-8-14(16)18/h2*3-10H,1-2H3. The molecule has 16 heteroatoms. The molecule has 0 amide bonds. The lowest BCUT2D eigenvalue weighted by Crippen LogP contribution is -2.48. The van der Waals surface area contributed by atoms with Crippen molar-refractivity contribution in [2.75, 3.05) is 0 Å². The van der Waals surface area contributed by atoms with Gasteiger partial charge in [0, 0.05) is 104 Å². The summed E-state index contributed by atoms with van der Waals surface area (Å²) in [7, 11) is 0. The van der Waals surface area contributed by atoms with Crippen molar-refractivity contribution in [2.45, 2.75) is 63.2 Å². The van der Waals surface area contributed by atoms with Crippen LogP contribution in [0.25, 0.3) is 62.6 Å². The number of rotatable bonds is 4. The average Bonchev–Trinajstić information content (AvgIpc) is 3.96. The van der Waals surface area contributed by atoms with Crippen LogP contribution >= 0.6 is 45.3 Å². The first-order valence-corrected chi connectivity index (χ1v) is 22.0. The fourth-order valence-electron chi connectivity index (χ4n) is 8.69. The summed E-state index contributed by atoms with van der Waals surface area (Å²) in [4.78, 5) is 1.16. The lowest BCUT2D eigenvalue weighted by Gasteiger charge is -2.26. The number of benzene rings is 4. The minimum absolute atomic E-state index is 0.230. The molecule has 0 N–H and O–H groups in total. The van der Waals surface area contributed by atoms with Crippen molar-refractivity contribution in [3.8, 4) is 0 Å². The molecule has 0 radical (unpaired) electrons.